The molecule has 1 aliphatic rings. The first-order valence-electron chi connectivity index (χ1n) is 5.47. The Labute approximate surface area is 94.3 Å². The predicted molar refractivity (Wildman–Crippen MR) is 61.5 cm³/mol. The summed E-state index contributed by atoms with van der Waals surface area (Å²) in [7, 11) is 0. The molecular formula is C12H16O2S. The maximum Gasteiger partial charge on any atom is 0.178 e. The zero-order valence-corrected chi connectivity index (χ0v) is 9.97. The van der Waals surface area contributed by atoms with Crippen LogP contribution in [0.25, 0.3) is 0 Å². The van der Waals surface area contributed by atoms with E-state index in [1.54, 1.807) is 11.3 Å². The standard InChI is InChI=1S/C12H16O2S/c1-3-9-4-5-11(15-9)12(13)10-6-7-14-8(10)2/h4-5,8,10H,3,6-7H2,1-2H3. The molecule has 82 valence electrons. The minimum atomic E-state index is 0.0772. The van der Waals surface area contributed by atoms with E-state index in [1.165, 1.54) is 4.88 Å². The summed E-state index contributed by atoms with van der Waals surface area (Å²) in [6, 6.07) is 4.01. The Bertz CT molecular complexity index is 356. The van der Waals surface area contributed by atoms with Crippen LogP contribution in [0.4, 0.5) is 0 Å². The van der Waals surface area contributed by atoms with Crippen molar-refractivity contribution in [2.45, 2.75) is 32.8 Å². The van der Waals surface area contributed by atoms with Gasteiger partial charge >= 0.3 is 0 Å². The van der Waals surface area contributed by atoms with Gasteiger partial charge in [0.15, 0.2) is 5.78 Å². The van der Waals surface area contributed by atoms with Crippen LogP contribution in [-0.4, -0.2) is 18.5 Å². The highest BCUT2D eigenvalue weighted by atomic mass is 32.1. The molecule has 1 aliphatic heterocycles. The van der Waals surface area contributed by atoms with Crippen molar-refractivity contribution in [1.29, 1.82) is 0 Å². The number of rotatable bonds is 3. The maximum absolute atomic E-state index is 12.1. The number of Topliss-reactive ketones (excluding diaryl/α,β-unsaturated/α-hetero) is 1. The maximum atomic E-state index is 12.1. The van der Waals surface area contributed by atoms with Crippen LogP contribution >= 0.6 is 11.3 Å². The van der Waals surface area contributed by atoms with Crippen LogP contribution in [0.5, 0.6) is 0 Å². The summed E-state index contributed by atoms with van der Waals surface area (Å²) in [6.07, 6.45) is 1.97. The minimum absolute atomic E-state index is 0.0772. The molecule has 2 rings (SSSR count). The van der Waals surface area contributed by atoms with Gasteiger partial charge in [0.1, 0.15) is 0 Å². The summed E-state index contributed by atoms with van der Waals surface area (Å²) in [4.78, 5) is 14.3. The smallest absolute Gasteiger partial charge is 0.178 e. The zero-order valence-electron chi connectivity index (χ0n) is 9.16. The fourth-order valence-corrected chi connectivity index (χ4v) is 2.91. The first-order chi connectivity index (χ1) is 7.22. The van der Waals surface area contributed by atoms with E-state index >= 15 is 0 Å². The molecule has 0 N–H and O–H groups in total. The number of carbonyl (C=O) groups is 1. The minimum Gasteiger partial charge on any atom is -0.378 e. The predicted octanol–water partition coefficient (Wildman–Crippen LogP) is 2.92. The van der Waals surface area contributed by atoms with Crippen molar-refractivity contribution in [3.63, 3.8) is 0 Å². The van der Waals surface area contributed by atoms with Gasteiger partial charge in [0.05, 0.1) is 16.9 Å². The van der Waals surface area contributed by atoms with Gasteiger partial charge in [-0.25, -0.2) is 0 Å². The normalized spacial score (nSPS) is 25.7. The van der Waals surface area contributed by atoms with E-state index in [0.29, 0.717) is 0 Å². The van der Waals surface area contributed by atoms with Gasteiger partial charge in [-0.2, -0.15) is 0 Å². The molecule has 1 aromatic rings. The molecule has 0 aliphatic carbocycles. The average molecular weight is 224 g/mol. The van der Waals surface area contributed by atoms with Gasteiger partial charge in [-0.05, 0) is 31.9 Å². The van der Waals surface area contributed by atoms with E-state index in [2.05, 4.69) is 13.0 Å². The molecule has 0 aromatic carbocycles. The molecule has 2 nitrogen and oxygen atoms in total. The first kappa shape index (κ1) is 10.8. The van der Waals surface area contributed by atoms with Crippen LogP contribution in [0.15, 0.2) is 12.1 Å². The molecule has 3 heteroatoms. The van der Waals surface area contributed by atoms with Crippen molar-refractivity contribution < 1.29 is 9.53 Å². The summed E-state index contributed by atoms with van der Waals surface area (Å²) in [5.41, 5.74) is 0. The molecule has 15 heavy (non-hydrogen) atoms. The van der Waals surface area contributed by atoms with Gasteiger partial charge in [-0.15, -0.1) is 11.3 Å². The number of ether oxygens (including phenoxy) is 1. The summed E-state index contributed by atoms with van der Waals surface area (Å²) >= 11 is 1.62. The number of aryl methyl sites for hydroxylation is 1. The van der Waals surface area contributed by atoms with Crippen molar-refractivity contribution in [3.8, 4) is 0 Å². The van der Waals surface area contributed by atoms with Gasteiger partial charge in [0.25, 0.3) is 0 Å². The lowest BCUT2D eigenvalue weighted by Crippen LogP contribution is -2.20. The highest BCUT2D eigenvalue weighted by molar-refractivity contribution is 7.14. The Morgan fingerprint density at radius 3 is 2.93 bits per heavy atom. The number of hydrogen-bond donors (Lipinski definition) is 0. The van der Waals surface area contributed by atoms with E-state index in [1.807, 2.05) is 13.0 Å². The lowest BCUT2D eigenvalue weighted by Gasteiger charge is -2.10. The fourth-order valence-electron chi connectivity index (χ4n) is 1.96. The quantitative estimate of drug-likeness (QED) is 0.738. The number of hydrogen-bond acceptors (Lipinski definition) is 3. The van der Waals surface area contributed by atoms with E-state index in [0.717, 1.165) is 24.3 Å². The largest absolute Gasteiger partial charge is 0.378 e. The van der Waals surface area contributed by atoms with Crippen LogP contribution in [-0.2, 0) is 11.2 Å². The monoisotopic (exact) mass is 224 g/mol. The lowest BCUT2D eigenvalue weighted by molar-refractivity contribution is 0.0768. The number of thiophene rings is 1. The molecule has 2 heterocycles. The van der Waals surface area contributed by atoms with E-state index in [-0.39, 0.29) is 17.8 Å². The van der Waals surface area contributed by atoms with Crippen LogP contribution < -0.4 is 0 Å². The second kappa shape index (κ2) is 4.45. The Morgan fingerprint density at radius 1 is 1.60 bits per heavy atom. The second-order valence-electron chi connectivity index (χ2n) is 3.95. The van der Waals surface area contributed by atoms with Crippen LogP contribution in [0, 0.1) is 5.92 Å². The van der Waals surface area contributed by atoms with Crippen LogP contribution in [0.3, 0.4) is 0 Å². The molecule has 2 atom stereocenters. The lowest BCUT2D eigenvalue weighted by atomic mass is 9.96. The molecule has 0 bridgehead atoms. The highest BCUT2D eigenvalue weighted by Crippen LogP contribution is 2.27. The molecule has 0 radical (unpaired) electrons. The molecule has 0 spiro atoms. The first-order valence-corrected chi connectivity index (χ1v) is 6.28. The molecule has 1 aromatic heterocycles. The summed E-state index contributed by atoms with van der Waals surface area (Å²) in [5.74, 6) is 0.345. The van der Waals surface area contributed by atoms with Crippen molar-refractivity contribution >= 4 is 17.1 Å². The summed E-state index contributed by atoms with van der Waals surface area (Å²) in [6.45, 7) is 4.83. The van der Waals surface area contributed by atoms with Gasteiger partial charge in [0, 0.05) is 11.5 Å². The van der Waals surface area contributed by atoms with E-state index < -0.39 is 0 Å². The molecule has 1 saturated heterocycles. The molecule has 2 unspecified atom stereocenters. The van der Waals surface area contributed by atoms with Crippen molar-refractivity contribution in [2.24, 2.45) is 5.92 Å². The Balaban J connectivity index is 2.13. The van der Waals surface area contributed by atoms with Gasteiger partial charge in [-0.3, -0.25) is 4.79 Å². The van der Waals surface area contributed by atoms with E-state index in [4.69, 9.17) is 4.74 Å². The van der Waals surface area contributed by atoms with Gasteiger partial charge in [-0.1, -0.05) is 6.92 Å². The summed E-state index contributed by atoms with van der Waals surface area (Å²) < 4.78 is 5.42. The van der Waals surface area contributed by atoms with Gasteiger partial charge < -0.3 is 4.74 Å². The van der Waals surface area contributed by atoms with Crippen LogP contribution in [0.2, 0.25) is 0 Å². The Hall–Kier alpha value is -0.670. The fraction of sp³-hybridized carbons (Fsp3) is 0.583. The number of carbonyl (C=O) groups excluding carboxylic acids is 1. The Kier molecular flexibility index (Phi) is 3.22. The molecule has 1 fully saturated rings. The van der Waals surface area contributed by atoms with E-state index in [9.17, 15) is 4.79 Å². The second-order valence-corrected chi connectivity index (χ2v) is 5.12. The highest BCUT2D eigenvalue weighted by Gasteiger charge is 2.31. The van der Waals surface area contributed by atoms with Crippen molar-refractivity contribution in [2.75, 3.05) is 6.61 Å². The van der Waals surface area contributed by atoms with Crippen molar-refractivity contribution in [1.82, 2.24) is 0 Å². The average Bonchev–Trinajstić information content (AvgIpc) is 2.84. The third-order valence-electron chi connectivity index (χ3n) is 2.97. The van der Waals surface area contributed by atoms with Crippen LogP contribution in [0.1, 0.15) is 34.8 Å². The molecule has 0 saturated carbocycles. The van der Waals surface area contributed by atoms with Crippen molar-refractivity contribution in [3.05, 3.63) is 21.9 Å². The van der Waals surface area contributed by atoms with Gasteiger partial charge in [0.2, 0.25) is 0 Å². The molecule has 0 amide bonds. The number of ketones is 1. The third-order valence-corrected chi connectivity index (χ3v) is 4.21. The Morgan fingerprint density at radius 2 is 2.40 bits per heavy atom. The molecular weight excluding hydrogens is 208 g/mol. The summed E-state index contributed by atoms with van der Waals surface area (Å²) in [5, 5.41) is 0. The topological polar surface area (TPSA) is 26.3 Å². The third kappa shape index (κ3) is 2.13. The zero-order chi connectivity index (χ0) is 10.8. The SMILES string of the molecule is CCc1ccc(C(=O)C2CCOC2C)s1.